The molecule has 0 amide bonds. The lowest BCUT2D eigenvalue weighted by Crippen LogP contribution is -2.15. The molecule has 0 aliphatic rings. The lowest BCUT2D eigenvalue weighted by atomic mass is 10.3. The van der Waals surface area contributed by atoms with Crippen molar-refractivity contribution in [3.8, 4) is 0 Å². The van der Waals surface area contributed by atoms with Crippen molar-refractivity contribution in [1.82, 2.24) is 19.7 Å². The van der Waals surface area contributed by atoms with Gasteiger partial charge in [0, 0.05) is 31.8 Å². The van der Waals surface area contributed by atoms with Crippen LogP contribution >= 0.6 is 0 Å². The molecule has 2 heterocycles. The number of aryl methyl sites for hydroxylation is 2. The first kappa shape index (κ1) is 13.6. The quantitative estimate of drug-likeness (QED) is 0.712. The maximum Gasteiger partial charge on any atom is 0.280 e. The van der Waals surface area contributed by atoms with Crippen molar-refractivity contribution < 1.29 is 8.42 Å². The molecule has 0 atom stereocenters. The molecule has 0 aliphatic heterocycles. The van der Waals surface area contributed by atoms with Crippen molar-refractivity contribution in [2.75, 3.05) is 4.72 Å². The number of nitrogens with zero attached hydrogens (tertiary/aromatic N) is 3. The third-order valence-corrected chi connectivity index (χ3v) is 3.83. The summed E-state index contributed by atoms with van der Waals surface area (Å²) < 4.78 is 28.2. The van der Waals surface area contributed by atoms with Crippen LogP contribution in [0.5, 0.6) is 0 Å². The van der Waals surface area contributed by atoms with E-state index in [4.69, 9.17) is 5.73 Å². The lowest BCUT2D eigenvalue weighted by Gasteiger charge is -2.04. The minimum atomic E-state index is -3.72. The molecular weight excluding hydrogens is 268 g/mol. The maximum absolute atomic E-state index is 12.1. The van der Waals surface area contributed by atoms with Crippen molar-refractivity contribution in [2.45, 2.75) is 24.9 Å². The molecule has 0 saturated carbocycles. The Labute approximate surface area is 111 Å². The Balaban J connectivity index is 2.30. The number of nitrogens with two attached hydrogens (primary N) is 1. The predicted molar refractivity (Wildman–Crippen MR) is 69.9 cm³/mol. The summed E-state index contributed by atoms with van der Waals surface area (Å²) >= 11 is 0. The number of H-pyrrole nitrogens is 1. The third-order valence-electron chi connectivity index (χ3n) is 2.59. The molecule has 0 saturated heterocycles. The Hall–Kier alpha value is -1.87. The fraction of sp³-hybridized carbons (Fsp3) is 0.400. The van der Waals surface area contributed by atoms with E-state index in [0.717, 1.165) is 0 Å². The molecule has 0 fully saturated rings. The summed E-state index contributed by atoms with van der Waals surface area (Å²) in [6.45, 7) is 2.09. The molecule has 8 nitrogen and oxygen atoms in total. The number of aromatic amines is 1. The van der Waals surface area contributed by atoms with Gasteiger partial charge in [0.1, 0.15) is 5.82 Å². The van der Waals surface area contributed by atoms with E-state index in [9.17, 15) is 8.42 Å². The van der Waals surface area contributed by atoms with Gasteiger partial charge in [0.25, 0.3) is 10.0 Å². The second-order valence-corrected chi connectivity index (χ2v) is 5.68. The zero-order chi connectivity index (χ0) is 14.0. The summed E-state index contributed by atoms with van der Waals surface area (Å²) in [5, 5.41) is 4.04. The summed E-state index contributed by atoms with van der Waals surface area (Å²) in [6.07, 6.45) is 3.58. The normalized spacial score (nSPS) is 11.7. The molecule has 2 rings (SSSR count). The van der Waals surface area contributed by atoms with Crippen LogP contribution in [0.2, 0.25) is 0 Å². The van der Waals surface area contributed by atoms with E-state index in [1.54, 1.807) is 13.2 Å². The van der Waals surface area contributed by atoms with Crippen molar-refractivity contribution in [3.63, 3.8) is 0 Å². The topological polar surface area (TPSA) is 119 Å². The highest BCUT2D eigenvalue weighted by molar-refractivity contribution is 7.92. The van der Waals surface area contributed by atoms with Crippen LogP contribution in [0, 0.1) is 0 Å². The number of aromatic nitrogens is 4. The highest BCUT2D eigenvalue weighted by atomic mass is 32.2. The molecule has 0 spiro atoms. The van der Waals surface area contributed by atoms with E-state index in [2.05, 4.69) is 19.8 Å². The molecule has 2 aromatic heterocycles. The van der Waals surface area contributed by atoms with Crippen LogP contribution < -0.4 is 10.5 Å². The number of rotatable bonds is 5. The van der Waals surface area contributed by atoms with Crippen molar-refractivity contribution >= 4 is 15.8 Å². The number of sulfonamides is 1. The Morgan fingerprint density at radius 1 is 1.53 bits per heavy atom. The van der Waals surface area contributed by atoms with Gasteiger partial charge in [-0.05, 0) is 0 Å². The van der Waals surface area contributed by atoms with E-state index < -0.39 is 10.0 Å². The fourth-order valence-electron chi connectivity index (χ4n) is 1.61. The first-order chi connectivity index (χ1) is 8.96. The molecule has 0 bridgehead atoms. The second kappa shape index (κ2) is 5.02. The number of imidazole rings is 1. The van der Waals surface area contributed by atoms with Crippen LogP contribution in [0.1, 0.15) is 18.3 Å². The standard InChI is InChI=1S/C10H16N6O2S/c1-3-8-12-5-9(13-8)19(17,18)15-10-7(4-11)6-16(2)14-10/h5-6H,3-4,11H2,1-2H3,(H,12,13)(H,14,15). The number of hydrogen-bond donors (Lipinski definition) is 3. The largest absolute Gasteiger partial charge is 0.332 e. The van der Waals surface area contributed by atoms with Crippen LogP contribution in [0.25, 0.3) is 0 Å². The molecule has 104 valence electrons. The van der Waals surface area contributed by atoms with Crippen LogP contribution in [0.4, 0.5) is 5.82 Å². The average molecular weight is 284 g/mol. The summed E-state index contributed by atoms with van der Waals surface area (Å²) in [7, 11) is -2.02. The molecule has 4 N–H and O–H groups in total. The van der Waals surface area contributed by atoms with Gasteiger partial charge in [0.15, 0.2) is 10.8 Å². The number of nitrogens with one attached hydrogen (secondary N) is 2. The second-order valence-electron chi connectivity index (χ2n) is 4.03. The van der Waals surface area contributed by atoms with Crippen LogP contribution in [0.3, 0.4) is 0 Å². The molecule has 2 aromatic rings. The van der Waals surface area contributed by atoms with Gasteiger partial charge in [-0.2, -0.15) is 13.5 Å². The van der Waals surface area contributed by atoms with Crippen LogP contribution in [-0.4, -0.2) is 28.2 Å². The molecule has 19 heavy (non-hydrogen) atoms. The van der Waals surface area contributed by atoms with E-state index in [-0.39, 0.29) is 17.4 Å². The van der Waals surface area contributed by atoms with Crippen molar-refractivity contribution in [1.29, 1.82) is 0 Å². The zero-order valence-electron chi connectivity index (χ0n) is 10.7. The molecule has 9 heteroatoms. The van der Waals surface area contributed by atoms with Gasteiger partial charge in [0.05, 0.1) is 6.20 Å². The fourth-order valence-corrected chi connectivity index (χ4v) is 2.59. The molecule has 0 radical (unpaired) electrons. The summed E-state index contributed by atoms with van der Waals surface area (Å²) in [6, 6.07) is 0. The summed E-state index contributed by atoms with van der Waals surface area (Å²) in [4.78, 5) is 6.71. The van der Waals surface area contributed by atoms with E-state index in [0.29, 0.717) is 17.8 Å². The van der Waals surface area contributed by atoms with Gasteiger partial charge in [-0.25, -0.2) is 4.98 Å². The van der Waals surface area contributed by atoms with Crippen molar-refractivity contribution in [2.24, 2.45) is 12.8 Å². The van der Waals surface area contributed by atoms with Gasteiger partial charge in [0.2, 0.25) is 0 Å². The Morgan fingerprint density at radius 3 is 2.84 bits per heavy atom. The van der Waals surface area contributed by atoms with Crippen molar-refractivity contribution in [3.05, 3.63) is 23.8 Å². The van der Waals surface area contributed by atoms with Gasteiger partial charge in [-0.15, -0.1) is 0 Å². The highest BCUT2D eigenvalue weighted by Gasteiger charge is 2.20. The van der Waals surface area contributed by atoms with E-state index in [1.165, 1.54) is 10.9 Å². The average Bonchev–Trinajstić information content (AvgIpc) is 2.95. The van der Waals surface area contributed by atoms with Gasteiger partial charge < -0.3 is 10.7 Å². The summed E-state index contributed by atoms with van der Waals surface area (Å²) in [5.41, 5.74) is 6.17. The summed E-state index contributed by atoms with van der Waals surface area (Å²) in [5.74, 6) is 0.845. The van der Waals surface area contributed by atoms with Gasteiger partial charge >= 0.3 is 0 Å². The Morgan fingerprint density at radius 2 is 2.26 bits per heavy atom. The number of anilines is 1. The van der Waals surface area contributed by atoms with Gasteiger partial charge in [-0.3, -0.25) is 9.40 Å². The smallest absolute Gasteiger partial charge is 0.280 e. The first-order valence-corrected chi connectivity index (χ1v) is 7.24. The Kier molecular flexibility index (Phi) is 3.58. The minimum absolute atomic E-state index is 0.0120. The lowest BCUT2D eigenvalue weighted by molar-refractivity contribution is 0.597. The molecule has 0 aliphatic carbocycles. The van der Waals surface area contributed by atoms with E-state index >= 15 is 0 Å². The SMILES string of the molecule is CCc1ncc(S(=O)(=O)Nc2nn(C)cc2CN)[nH]1. The maximum atomic E-state index is 12.1. The third kappa shape index (κ3) is 2.76. The number of hydrogen-bond acceptors (Lipinski definition) is 5. The van der Waals surface area contributed by atoms with Crippen LogP contribution in [0.15, 0.2) is 17.4 Å². The zero-order valence-corrected chi connectivity index (χ0v) is 11.5. The predicted octanol–water partition coefficient (Wildman–Crippen LogP) is -0.0349. The minimum Gasteiger partial charge on any atom is -0.332 e. The molecule has 0 aromatic carbocycles. The van der Waals surface area contributed by atoms with Gasteiger partial charge in [-0.1, -0.05) is 6.92 Å². The molecular formula is C10H16N6O2S. The monoisotopic (exact) mass is 284 g/mol. The van der Waals surface area contributed by atoms with E-state index in [1.807, 2.05) is 6.92 Å². The highest BCUT2D eigenvalue weighted by Crippen LogP contribution is 2.17. The Bertz CT molecular complexity index is 672. The van der Waals surface area contributed by atoms with Crippen LogP contribution in [-0.2, 0) is 30.0 Å². The molecule has 0 unspecified atom stereocenters. The first-order valence-electron chi connectivity index (χ1n) is 5.75.